The fourth-order valence-corrected chi connectivity index (χ4v) is 1.16. The zero-order chi connectivity index (χ0) is 8.48. The van der Waals surface area contributed by atoms with Crippen molar-refractivity contribution in [2.24, 2.45) is 0 Å². The maximum Gasteiger partial charge on any atom is 0.0322 e. The van der Waals surface area contributed by atoms with Crippen molar-refractivity contribution >= 4 is 12.6 Å². The topological polar surface area (TPSA) is 0 Å². The molecule has 0 N–H and O–H groups in total. The molecule has 0 radical (unpaired) electrons. The molecule has 0 atom stereocenters. The Labute approximate surface area is 74.0 Å². The maximum atomic E-state index is 4.49. The summed E-state index contributed by atoms with van der Waals surface area (Å²) in [6, 6.07) is 8.46. The Morgan fingerprint density at radius 2 is 1.91 bits per heavy atom. The minimum absolute atomic E-state index is 0.0218. The van der Waals surface area contributed by atoms with E-state index in [0.29, 0.717) is 0 Å². The number of aryl methyl sites for hydroxylation is 1. The largest absolute Gasteiger partial charge is 0.168 e. The molecule has 0 bridgehead atoms. The molecule has 1 rings (SSSR count). The van der Waals surface area contributed by atoms with E-state index in [0.717, 1.165) is 0 Å². The van der Waals surface area contributed by atoms with Crippen LogP contribution in [0.4, 0.5) is 0 Å². The van der Waals surface area contributed by atoms with Crippen molar-refractivity contribution in [2.75, 3.05) is 0 Å². The number of rotatable bonds is 1. The highest BCUT2D eigenvalue weighted by molar-refractivity contribution is 7.81. The fraction of sp³-hybridized carbons (Fsp3) is 0.400. The Kier molecular flexibility index (Phi) is 2.28. The first-order chi connectivity index (χ1) is 5.00. The summed E-state index contributed by atoms with van der Waals surface area (Å²) < 4.78 is -0.0218. The van der Waals surface area contributed by atoms with Crippen LogP contribution < -0.4 is 0 Å². The molecule has 0 fully saturated rings. The molecule has 60 valence electrons. The van der Waals surface area contributed by atoms with Crippen molar-refractivity contribution in [1.29, 1.82) is 0 Å². The van der Waals surface area contributed by atoms with Crippen molar-refractivity contribution in [3.63, 3.8) is 0 Å². The van der Waals surface area contributed by atoms with Crippen molar-refractivity contribution in [1.82, 2.24) is 0 Å². The molecule has 1 aromatic carbocycles. The summed E-state index contributed by atoms with van der Waals surface area (Å²) in [5.41, 5.74) is 2.57. The highest BCUT2D eigenvalue weighted by Crippen LogP contribution is 2.26. The molecule has 0 saturated heterocycles. The second-order valence-electron chi connectivity index (χ2n) is 3.43. The standard InChI is InChI=1S/C10H14S/c1-8-5-4-6-9(7-8)10(2,3)11/h4-7,11H,1-3H3. The summed E-state index contributed by atoms with van der Waals surface area (Å²) in [4.78, 5) is 0. The van der Waals surface area contributed by atoms with Crippen LogP contribution >= 0.6 is 12.6 Å². The molecule has 0 aromatic heterocycles. The molecule has 1 aromatic rings. The second-order valence-corrected chi connectivity index (χ2v) is 4.55. The van der Waals surface area contributed by atoms with E-state index < -0.39 is 0 Å². The van der Waals surface area contributed by atoms with Gasteiger partial charge in [0.2, 0.25) is 0 Å². The lowest BCUT2D eigenvalue weighted by molar-refractivity contribution is 0.790. The lowest BCUT2D eigenvalue weighted by Crippen LogP contribution is -2.07. The summed E-state index contributed by atoms with van der Waals surface area (Å²) in [6.45, 7) is 6.30. The first kappa shape index (κ1) is 8.66. The van der Waals surface area contributed by atoms with Gasteiger partial charge in [-0.1, -0.05) is 29.8 Å². The van der Waals surface area contributed by atoms with Crippen molar-refractivity contribution in [3.8, 4) is 0 Å². The van der Waals surface area contributed by atoms with Gasteiger partial charge in [-0.2, -0.15) is 12.6 Å². The summed E-state index contributed by atoms with van der Waals surface area (Å²) in [5.74, 6) is 0. The van der Waals surface area contributed by atoms with Gasteiger partial charge in [0.15, 0.2) is 0 Å². The Morgan fingerprint density at radius 3 is 2.27 bits per heavy atom. The highest BCUT2D eigenvalue weighted by atomic mass is 32.1. The van der Waals surface area contributed by atoms with Gasteiger partial charge in [0, 0.05) is 4.75 Å². The van der Waals surface area contributed by atoms with Gasteiger partial charge in [0.25, 0.3) is 0 Å². The van der Waals surface area contributed by atoms with Gasteiger partial charge in [0.05, 0.1) is 0 Å². The predicted molar refractivity (Wildman–Crippen MR) is 53.2 cm³/mol. The Hall–Kier alpha value is -0.430. The minimum atomic E-state index is -0.0218. The number of hydrogen-bond donors (Lipinski definition) is 1. The molecule has 0 spiro atoms. The Balaban J connectivity index is 3.06. The van der Waals surface area contributed by atoms with Crippen LogP contribution in [-0.4, -0.2) is 0 Å². The molecule has 0 heterocycles. The van der Waals surface area contributed by atoms with Gasteiger partial charge in [-0.25, -0.2) is 0 Å². The summed E-state index contributed by atoms with van der Waals surface area (Å²) in [7, 11) is 0. The third kappa shape index (κ3) is 2.26. The monoisotopic (exact) mass is 166 g/mol. The van der Waals surface area contributed by atoms with E-state index in [1.807, 2.05) is 0 Å². The van der Waals surface area contributed by atoms with Gasteiger partial charge >= 0.3 is 0 Å². The fourth-order valence-electron chi connectivity index (χ4n) is 1.03. The van der Waals surface area contributed by atoms with Gasteiger partial charge < -0.3 is 0 Å². The second kappa shape index (κ2) is 2.90. The number of benzene rings is 1. The minimum Gasteiger partial charge on any atom is -0.168 e. The first-order valence-electron chi connectivity index (χ1n) is 3.79. The van der Waals surface area contributed by atoms with E-state index in [1.54, 1.807) is 0 Å². The van der Waals surface area contributed by atoms with Crippen molar-refractivity contribution in [2.45, 2.75) is 25.5 Å². The Morgan fingerprint density at radius 1 is 1.27 bits per heavy atom. The molecular weight excluding hydrogens is 152 g/mol. The summed E-state index contributed by atoms with van der Waals surface area (Å²) in [5, 5.41) is 0. The van der Waals surface area contributed by atoms with Gasteiger partial charge in [-0.05, 0) is 26.3 Å². The number of hydrogen-bond acceptors (Lipinski definition) is 1. The maximum absolute atomic E-state index is 4.49. The highest BCUT2D eigenvalue weighted by Gasteiger charge is 2.13. The predicted octanol–water partition coefficient (Wildman–Crippen LogP) is 3.16. The van der Waals surface area contributed by atoms with Crippen molar-refractivity contribution in [3.05, 3.63) is 35.4 Å². The molecule has 1 heteroatoms. The molecule has 0 aliphatic carbocycles. The van der Waals surface area contributed by atoms with Crippen LogP contribution in [-0.2, 0) is 4.75 Å². The molecular formula is C10H14S. The van der Waals surface area contributed by atoms with Crippen LogP contribution in [0.3, 0.4) is 0 Å². The molecule has 0 unspecified atom stereocenters. The van der Waals surface area contributed by atoms with Crippen LogP contribution in [0.1, 0.15) is 25.0 Å². The first-order valence-corrected chi connectivity index (χ1v) is 4.24. The lowest BCUT2D eigenvalue weighted by Gasteiger charge is -2.17. The number of thiol groups is 1. The van der Waals surface area contributed by atoms with Gasteiger partial charge in [0.1, 0.15) is 0 Å². The average Bonchev–Trinajstić information content (AvgIpc) is 1.86. The SMILES string of the molecule is Cc1cccc(C(C)(C)S)c1. The van der Waals surface area contributed by atoms with E-state index in [1.165, 1.54) is 11.1 Å². The summed E-state index contributed by atoms with van der Waals surface area (Å²) >= 11 is 4.49. The lowest BCUT2D eigenvalue weighted by atomic mass is 10.0. The normalized spacial score (nSPS) is 11.6. The van der Waals surface area contributed by atoms with Crippen LogP contribution in [0, 0.1) is 6.92 Å². The average molecular weight is 166 g/mol. The van der Waals surface area contributed by atoms with E-state index in [9.17, 15) is 0 Å². The Bertz CT molecular complexity index is 245. The van der Waals surface area contributed by atoms with Gasteiger partial charge in [-0.15, -0.1) is 0 Å². The van der Waals surface area contributed by atoms with Crippen LogP contribution in [0.15, 0.2) is 24.3 Å². The van der Waals surface area contributed by atoms with Crippen LogP contribution in [0.25, 0.3) is 0 Å². The zero-order valence-corrected chi connectivity index (χ0v) is 8.15. The zero-order valence-electron chi connectivity index (χ0n) is 7.26. The third-order valence-electron chi connectivity index (χ3n) is 1.72. The smallest absolute Gasteiger partial charge is 0.0322 e. The van der Waals surface area contributed by atoms with E-state index in [-0.39, 0.29) is 4.75 Å². The summed E-state index contributed by atoms with van der Waals surface area (Å²) in [6.07, 6.45) is 0. The molecule has 0 amide bonds. The molecule has 0 nitrogen and oxygen atoms in total. The molecule has 11 heavy (non-hydrogen) atoms. The van der Waals surface area contributed by atoms with E-state index >= 15 is 0 Å². The van der Waals surface area contributed by atoms with Crippen LogP contribution in [0.5, 0.6) is 0 Å². The molecule has 0 aliphatic heterocycles. The van der Waals surface area contributed by atoms with E-state index in [2.05, 4.69) is 57.7 Å². The molecule has 0 saturated carbocycles. The third-order valence-corrected chi connectivity index (χ3v) is 1.98. The van der Waals surface area contributed by atoms with Crippen LogP contribution in [0.2, 0.25) is 0 Å². The molecule has 0 aliphatic rings. The van der Waals surface area contributed by atoms with Crippen molar-refractivity contribution < 1.29 is 0 Å². The van der Waals surface area contributed by atoms with Gasteiger partial charge in [-0.3, -0.25) is 0 Å². The quantitative estimate of drug-likeness (QED) is 0.609. The van der Waals surface area contributed by atoms with E-state index in [4.69, 9.17) is 0 Å².